The number of β-amino-alcohol motifs (C(OH)–C–C–N with tert-alkyl or cyclic N) is 1. The summed E-state index contributed by atoms with van der Waals surface area (Å²) >= 11 is 12.2. The van der Waals surface area contributed by atoms with Crippen LogP contribution in [0.15, 0.2) is 18.2 Å². The number of carbonyl (C=O) groups is 1. The van der Waals surface area contributed by atoms with Gasteiger partial charge in [0.15, 0.2) is 5.82 Å². The highest BCUT2D eigenvalue weighted by molar-refractivity contribution is 6.43. The van der Waals surface area contributed by atoms with E-state index < -0.39 is 18.1 Å². The molecule has 25 heavy (non-hydrogen) atoms. The Hall–Kier alpha value is -2.16. The zero-order valence-corrected chi connectivity index (χ0v) is 14.7. The van der Waals surface area contributed by atoms with Gasteiger partial charge < -0.3 is 20.5 Å². The standard InChI is InChI=1S/C15H15Cl2N5O3/c1-25-14(24)10-5-7(23)6-22(10)15-19-13(18)12(20-21-15)8-3-2-4-9(16)11(8)17/h2-4,7,10,23H,5-6H2,1H3,(H2,18,19,21)/t7-,10+/m1/s1. The van der Waals surface area contributed by atoms with Crippen molar-refractivity contribution in [3.63, 3.8) is 0 Å². The molecule has 132 valence electrons. The van der Waals surface area contributed by atoms with Crippen molar-refractivity contribution in [1.29, 1.82) is 0 Å². The maximum absolute atomic E-state index is 11.9. The number of rotatable bonds is 3. The van der Waals surface area contributed by atoms with Crippen LogP contribution in [-0.4, -0.2) is 52.1 Å². The molecule has 2 heterocycles. The van der Waals surface area contributed by atoms with Crippen molar-refractivity contribution in [1.82, 2.24) is 15.2 Å². The number of halogens is 2. The molecule has 2 aromatic rings. The highest BCUT2D eigenvalue weighted by Gasteiger charge is 2.38. The van der Waals surface area contributed by atoms with E-state index in [9.17, 15) is 9.90 Å². The van der Waals surface area contributed by atoms with Gasteiger partial charge in [0, 0.05) is 18.5 Å². The van der Waals surface area contributed by atoms with Crippen LogP contribution < -0.4 is 10.6 Å². The summed E-state index contributed by atoms with van der Waals surface area (Å²) in [6.07, 6.45) is -0.478. The highest BCUT2D eigenvalue weighted by Crippen LogP contribution is 2.35. The van der Waals surface area contributed by atoms with Gasteiger partial charge in [0.25, 0.3) is 0 Å². The molecule has 0 aliphatic carbocycles. The van der Waals surface area contributed by atoms with Crippen molar-refractivity contribution in [2.45, 2.75) is 18.6 Å². The van der Waals surface area contributed by atoms with Crippen LogP contribution in [0.4, 0.5) is 11.8 Å². The predicted octanol–water partition coefficient (Wildman–Crippen LogP) is 1.54. The summed E-state index contributed by atoms with van der Waals surface area (Å²) in [5.41, 5.74) is 6.79. The van der Waals surface area contributed by atoms with E-state index in [0.717, 1.165) is 0 Å². The van der Waals surface area contributed by atoms with Crippen LogP contribution in [0, 0.1) is 0 Å². The predicted molar refractivity (Wildman–Crippen MR) is 93.5 cm³/mol. The number of methoxy groups -OCH3 is 1. The van der Waals surface area contributed by atoms with E-state index in [4.69, 9.17) is 33.7 Å². The molecular weight excluding hydrogens is 369 g/mol. The van der Waals surface area contributed by atoms with E-state index in [1.807, 2.05) is 0 Å². The zero-order chi connectivity index (χ0) is 18.1. The molecule has 3 rings (SSSR count). The monoisotopic (exact) mass is 383 g/mol. The molecule has 0 unspecified atom stereocenters. The van der Waals surface area contributed by atoms with Gasteiger partial charge in [0.1, 0.15) is 11.7 Å². The van der Waals surface area contributed by atoms with E-state index in [1.165, 1.54) is 12.0 Å². The first-order valence-corrected chi connectivity index (χ1v) is 8.15. The summed E-state index contributed by atoms with van der Waals surface area (Å²) in [6, 6.07) is 4.36. The Morgan fingerprint density at radius 3 is 2.84 bits per heavy atom. The number of hydrogen-bond donors (Lipinski definition) is 2. The van der Waals surface area contributed by atoms with Crippen molar-refractivity contribution in [2.75, 3.05) is 24.3 Å². The summed E-state index contributed by atoms with van der Waals surface area (Å²) in [7, 11) is 1.28. The lowest BCUT2D eigenvalue weighted by atomic mass is 10.1. The molecule has 1 saturated heterocycles. The van der Waals surface area contributed by atoms with E-state index in [0.29, 0.717) is 15.6 Å². The Balaban J connectivity index is 1.97. The lowest BCUT2D eigenvalue weighted by Crippen LogP contribution is -2.38. The summed E-state index contributed by atoms with van der Waals surface area (Å²) < 4.78 is 4.76. The fourth-order valence-corrected chi connectivity index (χ4v) is 3.11. The van der Waals surface area contributed by atoms with E-state index >= 15 is 0 Å². The van der Waals surface area contributed by atoms with E-state index in [1.54, 1.807) is 18.2 Å². The number of aromatic nitrogens is 3. The molecule has 0 amide bonds. The zero-order valence-electron chi connectivity index (χ0n) is 13.2. The largest absolute Gasteiger partial charge is 0.467 e. The SMILES string of the molecule is COC(=O)[C@@H]1C[C@@H](O)CN1c1nnc(-c2cccc(Cl)c2Cl)c(N)n1. The van der Waals surface area contributed by atoms with Crippen molar-refractivity contribution in [2.24, 2.45) is 0 Å². The highest BCUT2D eigenvalue weighted by atomic mass is 35.5. The van der Waals surface area contributed by atoms with Crippen LogP contribution >= 0.6 is 23.2 Å². The Kier molecular flexibility index (Phi) is 4.94. The topological polar surface area (TPSA) is 114 Å². The Morgan fingerprint density at radius 1 is 1.40 bits per heavy atom. The number of esters is 1. The third-order valence-electron chi connectivity index (χ3n) is 3.92. The van der Waals surface area contributed by atoms with Crippen LogP contribution in [0.5, 0.6) is 0 Å². The lowest BCUT2D eigenvalue weighted by Gasteiger charge is -2.22. The van der Waals surface area contributed by atoms with Crippen molar-refractivity contribution in [3.05, 3.63) is 28.2 Å². The molecule has 0 saturated carbocycles. The van der Waals surface area contributed by atoms with E-state index in [-0.39, 0.29) is 30.4 Å². The Morgan fingerprint density at radius 2 is 2.16 bits per heavy atom. The minimum absolute atomic E-state index is 0.0826. The van der Waals surface area contributed by atoms with Crippen molar-refractivity contribution < 1.29 is 14.6 Å². The molecule has 1 aromatic carbocycles. The second-order valence-electron chi connectivity index (χ2n) is 5.53. The van der Waals surface area contributed by atoms with Gasteiger partial charge >= 0.3 is 5.97 Å². The van der Waals surface area contributed by atoms with Crippen LogP contribution in [0.25, 0.3) is 11.3 Å². The third-order valence-corrected chi connectivity index (χ3v) is 4.74. The van der Waals surface area contributed by atoms with Gasteiger partial charge in [0.2, 0.25) is 5.95 Å². The fraction of sp³-hybridized carbons (Fsp3) is 0.333. The first-order valence-electron chi connectivity index (χ1n) is 7.39. The number of carbonyl (C=O) groups excluding carboxylic acids is 1. The quantitative estimate of drug-likeness (QED) is 0.766. The molecule has 8 nitrogen and oxygen atoms in total. The fourth-order valence-electron chi connectivity index (χ4n) is 2.72. The lowest BCUT2D eigenvalue weighted by molar-refractivity contribution is -0.142. The molecule has 0 radical (unpaired) electrons. The average Bonchev–Trinajstić information content (AvgIpc) is 2.99. The van der Waals surface area contributed by atoms with Gasteiger partial charge in [0.05, 0.1) is 23.3 Å². The first-order chi connectivity index (χ1) is 11.9. The van der Waals surface area contributed by atoms with Gasteiger partial charge in [-0.25, -0.2) is 4.79 Å². The molecule has 1 fully saturated rings. The molecular formula is C15H15Cl2N5O3. The molecule has 1 aromatic heterocycles. The van der Waals surface area contributed by atoms with Crippen molar-refractivity contribution in [3.8, 4) is 11.3 Å². The summed E-state index contributed by atoms with van der Waals surface area (Å²) in [5, 5.41) is 18.6. The second kappa shape index (κ2) is 6.99. The van der Waals surface area contributed by atoms with Crippen molar-refractivity contribution >= 4 is 40.9 Å². The number of benzene rings is 1. The van der Waals surface area contributed by atoms with Crippen LogP contribution in [-0.2, 0) is 9.53 Å². The summed E-state index contributed by atoms with van der Waals surface area (Å²) in [5.74, 6) is -0.272. The molecule has 1 aliphatic heterocycles. The number of aliphatic hydroxyl groups excluding tert-OH is 1. The number of hydrogen-bond acceptors (Lipinski definition) is 8. The average molecular weight is 384 g/mol. The Bertz CT molecular complexity index is 820. The number of anilines is 2. The van der Waals surface area contributed by atoms with Gasteiger partial charge in [-0.15, -0.1) is 10.2 Å². The molecule has 0 spiro atoms. The number of nitrogens with zero attached hydrogens (tertiary/aromatic N) is 4. The molecule has 10 heteroatoms. The van der Waals surface area contributed by atoms with Gasteiger partial charge in [-0.05, 0) is 6.07 Å². The molecule has 2 atom stereocenters. The summed E-state index contributed by atoms with van der Waals surface area (Å²) in [6.45, 7) is 0.179. The maximum atomic E-state index is 11.9. The van der Waals surface area contributed by atoms with E-state index in [2.05, 4.69) is 15.2 Å². The number of nitrogens with two attached hydrogens (primary N) is 1. The normalized spacial score (nSPS) is 19.9. The Labute approximate surface area is 153 Å². The van der Waals surface area contributed by atoms with Crippen LogP contribution in [0.3, 0.4) is 0 Å². The van der Waals surface area contributed by atoms with Gasteiger partial charge in [-0.3, -0.25) is 0 Å². The van der Waals surface area contributed by atoms with Gasteiger partial charge in [-0.1, -0.05) is 35.3 Å². The number of nitrogen functional groups attached to an aromatic ring is 1. The maximum Gasteiger partial charge on any atom is 0.328 e. The minimum Gasteiger partial charge on any atom is -0.467 e. The molecule has 3 N–H and O–H groups in total. The smallest absolute Gasteiger partial charge is 0.328 e. The number of ether oxygens (including phenoxy) is 1. The third kappa shape index (κ3) is 3.33. The molecule has 1 aliphatic rings. The van der Waals surface area contributed by atoms with Gasteiger partial charge in [-0.2, -0.15) is 4.98 Å². The number of aliphatic hydroxyl groups is 1. The molecule has 0 bridgehead atoms. The van der Waals surface area contributed by atoms with Crippen LogP contribution in [0.2, 0.25) is 10.0 Å². The van der Waals surface area contributed by atoms with Crippen LogP contribution in [0.1, 0.15) is 6.42 Å². The summed E-state index contributed by atoms with van der Waals surface area (Å²) in [4.78, 5) is 17.6. The minimum atomic E-state index is -0.698. The second-order valence-corrected chi connectivity index (χ2v) is 6.31. The first kappa shape index (κ1) is 17.7.